The average Bonchev–Trinajstić information content (AvgIpc) is 2.43. The van der Waals surface area contributed by atoms with Crippen LogP contribution in [0.25, 0.3) is 0 Å². The number of carboxylic acids is 1. The Bertz CT molecular complexity index is 227. The lowest BCUT2D eigenvalue weighted by atomic mass is 10.1. The highest BCUT2D eigenvalue weighted by Crippen LogP contribution is 2.06. The van der Waals surface area contributed by atoms with E-state index in [0.717, 1.165) is 32.4 Å². The van der Waals surface area contributed by atoms with Gasteiger partial charge in [-0.15, -0.1) is 0 Å². The third kappa shape index (κ3) is 10.2. The standard InChI is InChI=1S/C16H34N2O2/c1-4-7-12-18(13-8-5-2)14-10-9-11-15(16(19)20)17-6-3/h15,17H,4-14H2,1-3H3,(H,19,20)/t15-/m0/s1. The van der Waals surface area contributed by atoms with Crippen molar-refractivity contribution in [3.05, 3.63) is 0 Å². The summed E-state index contributed by atoms with van der Waals surface area (Å²) in [4.78, 5) is 13.6. The molecule has 1 atom stereocenters. The molecular weight excluding hydrogens is 252 g/mol. The van der Waals surface area contributed by atoms with Crippen LogP contribution in [0.2, 0.25) is 0 Å². The lowest BCUT2D eigenvalue weighted by molar-refractivity contribution is -0.139. The molecule has 0 aliphatic carbocycles. The number of hydrogen-bond donors (Lipinski definition) is 2. The van der Waals surface area contributed by atoms with E-state index < -0.39 is 5.97 Å². The first-order chi connectivity index (χ1) is 9.65. The summed E-state index contributed by atoms with van der Waals surface area (Å²) in [6, 6.07) is -0.375. The molecule has 0 amide bonds. The predicted octanol–water partition coefficient (Wildman–Crippen LogP) is 3.12. The molecule has 4 nitrogen and oxygen atoms in total. The Labute approximate surface area is 124 Å². The van der Waals surface area contributed by atoms with Gasteiger partial charge in [-0.25, -0.2) is 0 Å². The molecule has 20 heavy (non-hydrogen) atoms. The van der Waals surface area contributed by atoms with E-state index in [-0.39, 0.29) is 6.04 Å². The number of unbranched alkanes of at least 4 members (excludes halogenated alkanes) is 3. The van der Waals surface area contributed by atoms with Gasteiger partial charge in [0.1, 0.15) is 6.04 Å². The minimum absolute atomic E-state index is 0.375. The van der Waals surface area contributed by atoms with Gasteiger partial charge in [-0.2, -0.15) is 0 Å². The van der Waals surface area contributed by atoms with E-state index in [2.05, 4.69) is 24.1 Å². The largest absolute Gasteiger partial charge is 0.480 e. The zero-order valence-electron chi connectivity index (χ0n) is 13.7. The number of rotatable bonds is 14. The van der Waals surface area contributed by atoms with E-state index in [1.54, 1.807) is 0 Å². The molecule has 0 aliphatic rings. The molecule has 0 aliphatic heterocycles. The summed E-state index contributed by atoms with van der Waals surface area (Å²) in [5.41, 5.74) is 0. The highest BCUT2D eigenvalue weighted by atomic mass is 16.4. The topological polar surface area (TPSA) is 52.6 Å². The molecule has 0 heterocycles. The second-order valence-electron chi connectivity index (χ2n) is 5.49. The second-order valence-corrected chi connectivity index (χ2v) is 5.49. The van der Waals surface area contributed by atoms with E-state index in [1.165, 1.54) is 38.8 Å². The molecule has 0 radical (unpaired) electrons. The van der Waals surface area contributed by atoms with E-state index in [4.69, 9.17) is 5.11 Å². The number of likely N-dealkylation sites (N-methyl/N-ethyl adjacent to an activating group) is 1. The van der Waals surface area contributed by atoms with Gasteiger partial charge >= 0.3 is 5.97 Å². The lowest BCUT2D eigenvalue weighted by Gasteiger charge is -2.22. The maximum atomic E-state index is 11.0. The lowest BCUT2D eigenvalue weighted by Crippen LogP contribution is -2.36. The number of nitrogens with zero attached hydrogens (tertiary/aromatic N) is 1. The Morgan fingerprint density at radius 1 is 1.00 bits per heavy atom. The molecule has 0 saturated heterocycles. The molecule has 120 valence electrons. The first-order valence-electron chi connectivity index (χ1n) is 8.34. The molecule has 0 saturated carbocycles. The SMILES string of the molecule is CCCCN(CCCC)CCCC[C@H](NCC)C(=O)O. The molecule has 0 rings (SSSR count). The van der Waals surface area contributed by atoms with Gasteiger partial charge in [0.2, 0.25) is 0 Å². The molecular formula is C16H34N2O2. The molecule has 2 N–H and O–H groups in total. The number of carboxylic acid groups (broad SMARTS) is 1. The Morgan fingerprint density at radius 3 is 2.00 bits per heavy atom. The van der Waals surface area contributed by atoms with Crippen molar-refractivity contribution in [1.82, 2.24) is 10.2 Å². The van der Waals surface area contributed by atoms with Crippen LogP contribution in [-0.4, -0.2) is 48.2 Å². The average molecular weight is 286 g/mol. The number of carbonyl (C=O) groups is 1. The van der Waals surface area contributed by atoms with E-state index in [9.17, 15) is 4.79 Å². The Hall–Kier alpha value is -0.610. The van der Waals surface area contributed by atoms with Crippen molar-refractivity contribution in [3.8, 4) is 0 Å². The summed E-state index contributed by atoms with van der Waals surface area (Å²) >= 11 is 0. The zero-order chi connectivity index (χ0) is 15.2. The fourth-order valence-electron chi connectivity index (χ4n) is 2.34. The fourth-order valence-corrected chi connectivity index (χ4v) is 2.34. The van der Waals surface area contributed by atoms with Gasteiger partial charge in [-0.3, -0.25) is 4.79 Å². The summed E-state index contributed by atoms with van der Waals surface area (Å²) in [5, 5.41) is 12.1. The minimum atomic E-state index is -0.722. The van der Waals surface area contributed by atoms with Gasteiger partial charge in [0.05, 0.1) is 0 Å². The summed E-state index contributed by atoms with van der Waals surface area (Å²) < 4.78 is 0. The van der Waals surface area contributed by atoms with Gasteiger partial charge in [-0.05, 0) is 51.9 Å². The molecule has 0 spiro atoms. The Kier molecular flexibility index (Phi) is 13.0. The van der Waals surface area contributed by atoms with Gasteiger partial charge in [0.25, 0.3) is 0 Å². The number of aliphatic carboxylic acids is 1. The third-order valence-corrected chi connectivity index (χ3v) is 3.62. The smallest absolute Gasteiger partial charge is 0.320 e. The summed E-state index contributed by atoms with van der Waals surface area (Å²) in [6.07, 6.45) is 7.83. The number of hydrogen-bond acceptors (Lipinski definition) is 3. The summed E-state index contributed by atoms with van der Waals surface area (Å²) in [6.45, 7) is 10.6. The maximum Gasteiger partial charge on any atom is 0.320 e. The molecule has 0 aromatic heterocycles. The van der Waals surface area contributed by atoms with E-state index in [0.29, 0.717) is 0 Å². The van der Waals surface area contributed by atoms with Crippen LogP contribution >= 0.6 is 0 Å². The molecule has 0 bridgehead atoms. The fraction of sp³-hybridized carbons (Fsp3) is 0.938. The predicted molar refractivity (Wildman–Crippen MR) is 85.2 cm³/mol. The van der Waals surface area contributed by atoms with Crippen LogP contribution in [0.1, 0.15) is 65.7 Å². The van der Waals surface area contributed by atoms with Crippen LogP contribution in [0.4, 0.5) is 0 Å². The first-order valence-corrected chi connectivity index (χ1v) is 8.34. The van der Waals surface area contributed by atoms with Crippen molar-refractivity contribution in [2.75, 3.05) is 26.2 Å². The van der Waals surface area contributed by atoms with Crippen LogP contribution in [0, 0.1) is 0 Å². The molecule has 0 fully saturated rings. The van der Waals surface area contributed by atoms with Crippen molar-refractivity contribution < 1.29 is 9.90 Å². The van der Waals surface area contributed by atoms with Gasteiger partial charge in [-0.1, -0.05) is 40.0 Å². The zero-order valence-corrected chi connectivity index (χ0v) is 13.7. The van der Waals surface area contributed by atoms with Crippen molar-refractivity contribution in [2.45, 2.75) is 71.8 Å². The molecule has 0 unspecified atom stereocenters. The molecule has 0 aromatic rings. The van der Waals surface area contributed by atoms with Crippen molar-refractivity contribution in [1.29, 1.82) is 0 Å². The highest BCUT2D eigenvalue weighted by Gasteiger charge is 2.15. The van der Waals surface area contributed by atoms with Crippen LogP contribution in [0.15, 0.2) is 0 Å². The van der Waals surface area contributed by atoms with Crippen molar-refractivity contribution in [2.24, 2.45) is 0 Å². The highest BCUT2D eigenvalue weighted by molar-refractivity contribution is 5.73. The van der Waals surface area contributed by atoms with Crippen LogP contribution < -0.4 is 5.32 Å². The van der Waals surface area contributed by atoms with E-state index >= 15 is 0 Å². The van der Waals surface area contributed by atoms with Crippen LogP contribution in [0.5, 0.6) is 0 Å². The number of nitrogens with one attached hydrogen (secondary N) is 1. The quantitative estimate of drug-likeness (QED) is 0.482. The molecule has 4 heteroatoms. The maximum absolute atomic E-state index is 11.0. The summed E-state index contributed by atoms with van der Waals surface area (Å²) in [5.74, 6) is -0.722. The minimum Gasteiger partial charge on any atom is -0.480 e. The molecule has 0 aromatic carbocycles. The van der Waals surface area contributed by atoms with Crippen molar-refractivity contribution in [3.63, 3.8) is 0 Å². The Balaban J connectivity index is 3.87. The normalized spacial score (nSPS) is 12.8. The van der Waals surface area contributed by atoms with Crippen molar-refractivity contribution >= 4 is 5.97 Å². The Morgan fingerprint density at radius 2 is 1.55 bits per heavy atom. The van der Waals surface area contributed by atoms with Gasteiger partial charge in [0, 0.05) is 0 Å². The summed E-state index contributed by atoms with van der Waals surface area (Å²) in [7, 11) is 0. The second kappa shape index (κ2) is 13.4. The first kappa shape index (κ1) is 19.4. The third-order valence-electron chi connectivity index (χ3n) is 3.62. The van der Waals surface area contributed by atoms with Crippen LogP contribution in [0.3, 0.4) is 0 Å². The van der Waals surface area contributed by atoms with E-state index in [1.807, 2.05) is 6.92 Å². The van der Waals surface area contributed by atoms with Crippen LogP contribution in [-0.2, 0) is 4.79 Å². The van der Waals surface area contributed by atoms with Gasteiger partial charge < -0.3 is 15.3 Å². The van der Waals surface area contributed by atoms with Gasteiger partial charge in [0.15, 0.2) is 0 Å². The monoisotopic (exact) mass is 286 g/mol.